The van der Waals surface area contributed by atoms with Crippen LogP contribution in [0.5, 0.6) is 5.75 Å². The highest BCUT2D eigenvalue weighted by Gasteiger charge is 2.10. The van der Waals surface area contributed by atoms with Crippen molar-refractivity contribution >= 4 is 31.9 Å². The average Bonchev–Trinajstić information content (AvgIpc) is 2.67. The molecule has 0 atom stereocenters. The van der Waals surface area contributed by atoms with Crippen molar-refractivity contribution in [3.8, 4) is 5.75 Å². The molecular formula is C12H12Br2N2O2. The highest BCUT2D eigenvalue weighted by atomic mass is 79.9. The molecule has 2 aromatic rings. The van der Waals surface area contributed by atoms with Gasteiger partial charge < -0.3 is 4.74 Å². The Morgan fingerprint density at radius 3 is 2.50 bits per heavy atom. The van der Waals surface area contributed by atoms with Gasteiger partial charge in [0, 0.05) is 5.33 Å². The Kier molecular flexibility index (Phi) is 4.29. The molecule has 2 rings (SSSR count). The number of halogens is 2. The quantitative estimate of drug-likeness (QED) is 0.835. The molecule has 0 fully saturated rings. The number of hydrogen-bond acceptors (Lipinski definition) is 2. The van der Waals surface area contributed by atoms with Crippen LogP contribution in [0.25, 0.3) is 0 Å². The molecule has 1 aromatic heterocycles. The summed E-state index contributed by atoms with van der Waals surface area (Å²) in [6.07, 6.45) is 0. The van der Waals surface area contributed by atoms with Crippen molar-refractivity contribution in [2.45, 2.75) is 11.9 Å². The molecule has 0 aliphatic rings. The standard InChI is InChI=1S/C12H12Br2N2O2/c1-18-9-4-2-8(3-5-9)7-16-12(17)11(14)10(6-13)15-16/h2-5,15H,6-7H2,1H3. The molecular weight excluding hydrogens is 364 g/mol. The second-order valence-corrected chi connectivity index (χ2v) is 5.13. The van der Waals surface area contributed by atoms with E-state index in [2.05, 4.69) is 37.0 Å². The van der Waals surface area contributed by atoms with Crippen molar-refractivity contribution in [3.63, 3.8) is 0 Å². The third kappa shape index (κ3) is 2.70. The molecule has 96 valence electrons. The largest absolute Gasteiger partial charge is 0.497 e. The first-order valence-corrected chi connectivity index (χ1v) is 7.23. The maximum Gasteiger partial charge on any atom is 0.281 e. The minimum absolute atomic E-state index is 0.0553. The predicted molar refractivity (Wildman–Crippen MR) is 77.5 cm³/mol. The summed E-state index contributed by atoms with van der Waals surface area (Å²) in [7, 11) is 1.63. The van der Waals surface area contributed by atoms with Crippen LogP contribution in [0.3, 0.4) is 0 Å². The number of methoxy groups -OCH3 is 1. The lowest BCUT2D eigenvalue weighted by Gasteiger charge is -2.04. The summed E-state index contributed by atoms with van der Waals surface area (Å²) in [5, 5.41) is 3.67. The monoisotopic (exact) mass is 374 g/mol. The number of rotatable bonds is 4. The molecule has 4 nitrogen and oxygen atoms in total. The van der Waals surface area contributed by atoms with Gasteiger partial charge in [-0.3, -0.25) is 9.89 Å². The van der Waals surface area contributed by atoms with Crippen molar-refractivity contribution < 1.29 is 4.74 Å². The van der Waals surface area contributed by atoms with Crippen LogP contribution in [0.15, 0.2) is 33.5 Å². The Bertz CT molecular complexity index is 587. The molecule has 1 N–H and O–H groups in total. The number of benzene rings is 1. The van der Waals surface area contributed by atoms with Crippen LogP contribution < -0.4 is 10.3 Å². The van der Waals surface area contributed by atoms with Gasteiger partial charge in [0.2, 0.25) is 0 Å². The van der Waals surface area contributed by atoms with Crippen LogP contribution in [-0.2, 0) is 11.9 Å². The molecule has 0 aliphatic heterocycles. The molecule has 18 heavy (non-hydrogen) atoms. The van der Waals surface area contributed by atoms with Crippen LogP contribution in [0.4, 0.5) is 0 Å². The van der Waals surface area contributed by atoms with E-state index in [1.165, 1.54) is 0 Å². The lowest BCUT2D eigenvalue weighted by molar-refractivity contribution is 0.414. The van der Waals surface area contributed by atoms with E-state index in [9.17, 15) is 4.79 Å². The van der Waals surface area contributed by atoms with Crippen LogP contribution >= 0.6 is 31.9 Å². The average molecular weight is 376 g/mol. The molecule has 0 saturated heterocycles. The zero-order chi connectivity index (χ0) is 13.1. The summed E-state index contributed by atoms with van der Waals surface area (Å²) in [5.41, 5.74) is 1.82. The highest BCUT2D eigenvalue weighted by Crippen LogP contribution is 2.15. The topological polar surface area (TPSA) is 47.0 Å². The summed E-state index contributed by atoms with van der Waals surface area (Å²) in [5.74, 6) is 0.805. The fraction of sp³-hybridized carbons (Fsp3) is 0.250. The van der Waals surface area contributed by atoms with E-state index in [0.29, 0.717) is 16.3 Å². The van der Waals surface area contributed by atoms with Gasteiger partial charge in [0.1, 0.15) is 10.2 Å². The maximum atomic E-state index is 11.9. The van der Waals surface area contributed by atoms with Gasteiger partial charge >= 0.3 is 0 Å². The number of aromatic amines is 1. The van der Waals surface area contributed by atoms with E-state index in [4.69, 9.17) is 4.74 Å². The zero-order valence-corrected chi connectivity index (χ0v) is 12.9. The van der Waals surface area contributed by atoms with Crippen LogP contribution in [-0.4, -0.2) is 16.9 Å². The molecule has 0 saturated carbocycles. The van der Waals surface area contributed by atoms with Gasteiger partial charge in [-0.25, -0.2) is 4.68 Å². The Balaban J connectivity index is 2.25. The van der Waals surface area contributed by atoms with E-state index in [1.807, 2.05) is 24.3 Å². The predicted octanol–water partition coefficient (Wildman–Crippen LogP) is 2.89. The fourth-order valence-electron chi connectivity index (χ4n) is 1.62. The molecule has 0 amide bonds. The fourth-order valence-corrected chi connectivity index (χ4v) is 2.85. The molecule has 0 radical (unpaired) electrons. The molecule has 6 heteroatoms. The minimum atomic E-state index is -0.0553. The molecule has 0 spiro atoms. The van der Waals surface area contributed by atoms with E-state index < -0.39 is 0 Å². The first-order chi connectivity index (χ1) is 8.65. The first-order valence-electron chi connectivity index (χ1n) is 5.31. The number of ether oxygens (including phenoxy) is 1. The number of hydrogen-bond donors (Lipinski definition) is 1. The van der Waals surface area contributed by atoms with Gasteiger partial charge in [-0.2, -0.15) is 0 Å². The van der Waals surface area contributed by atoms with Crippen LogP contribution in [0.2, 0.25) is 0 Å². The smallest absolute Gasteiger partial charge is 0.281 e. The number of H-pyrrole nitrogens is 1. The van der Waals surface area contributed by atoms with Gasteiger partial charge in [-0.1, -0.05) is 28.1 Å². The number of nitrogens with zero attached hydrogens (tertiary/aromatic N) is 1. The second-order valence-electron chi connectivity index (χ2n) is 3.78. The molecule has 1 aromatic carbocycles. The lowest BCUT2D eigenvalue weighted by Crippen LogP contribution is -2.17. The summed E-state index contributed by atoms with van der Waals surface area (Å²) >= 11 is 6.61. The molecule has 1 heterocycles. The highest BCUT2D eigenvalue weighted by molar-refractivity contribution is 9.10. The summed E-state index contributed by atoms with van der Waals surface area (Å²) < 4.78 is 7.24. The summed E-state index contributed by atoms with van der Waals surface area (Å²) in [4.78, 5) is 11.9. The second kappa shape index (κ2) is 5.75. The first kappa shape index (κ1) is 13.4. The number of nitrogens with one attached hydrogen (secondary N) is 1. The third-order valence-electron chi connectivity index (χ3n) is 2.60. The van der Waals surface area contributed by atoms with Crippen LogP contribution in [0.1, 0.15) is 11.3 Å². The lowest BCUT2D eigenvalue weighted by atomic mass is 10.2. The SMILES string of the molecule is COc1ccc(Cn2[nH]c(CBr)c(Br)c2=O)cc1. The number of alkyl halides is 1. The van der Waals surface area contributed by atoms with Gasteiger partial charge in [0.05, 0.1) is 19.3 Å². The van der Waals surface area contributed by atoms with Crippen molar-refractivity contribution in [1.82, 2.24) is 9.78 Å². The van der Waals surface area contributed by atoms with Crippen molar-refractivity contribution in [2.24, 2.45) is 0 Å². The third-order valence-corrected chi connectivity index (χ3v) is 3.98. The number of aromatic nitrogens is 2. The minimum Gasteiger partial charge on any atom is -0.497 e. The van der Waals surface area contributed by atoms with Gasteiger partial charge in [-0.05, 0) is 33.6 Å². The normalized spacial score (nSPS) is 10.6. The van der Waals surface area contributed by atoms with Gasteiger partial charge in [0.25, 0.3) is 5.56 Å². The molecule has 0 bridgehead atoms. The van der Waals surface area contributed by atoms with Gasteiger partial charge in [-0.15, -0.1) is 0 Å². The Morgan fingerprint density at radius 1 is 1.33 bits per heavy atom. The summed E-state index contributed by atoms with van der Waals surface area (Å²) in [6.45, 7) is 0.508. The van der Waals surface area contributed by atoms with Gasteiger partial charge in [0.15, 0.2) is 0 Å². The van der Waals surface area contributed by atoms with Crippen molar-refractivity contribution in [3.05, 3.63) is 50.3 Å². The maximum absolute atomic E-state index is 11.9. The van der Waals surface area contributed by atoms with E-state index in [-0.39, 0.29) is 5.56 Å². The van der Waals surface area contributed by atoms with Crippen LogP contribution in [0, 0.1) is 0 Å². The zero-order valence-electron chi connectivity index (χ0n) is 9.74. The van der Waals surface area contributed by atoms with E-state index in [1.54, 1.807) is 11.8 Å². The molecule has 0 aliphatic carbocycles. The van der Waals surface area contributed by atoms with E-state index >= 15 is 0 Å². The Hall–Kier alpha value is -1.01. The Labute approximate surface area is 121 Å². The summed E-state index contributed by atoms with van der Waals surface area (Å²) in [6, 6.07) is 7.63. The van der Waals surface area contributed by atoms with E-state index in [0.717, 1.165) is 17.0 Å². The van der Waals surface area contributed by atoms with Crippen molar-refractivity contribution in [2.75, 3.05) is 7.11 Å². The molecule has 0 unspecified atom stereocenters. The van der Waals surface area contributed by atoms with Crippen molar-refractivity contribution in [1.29, 1.82) is 0 Å². The Morgan fingerprint density at radius 2 is 2.00 bits per heavy atom.